The van der Waals surface area contributed by atoms with Crippen LogP contribution in [0.1, 0.15) is 213 Å². The number of hydrogen-bond acceptors (Lipinski definition) is 9. The first-order valence-electron chi connectivity index (χ1n) is 26.0. The van der Waals surface area contributed by atoms with Gasteiger partial charge in [-0.1, -0.05) is 181 Å². The van der Waals surface area contributed by atoms with E-state index in [-0.39, 0.29) is 49.8 Å². The van der Waals surface area contributed by atoms with Crippen molar-refractivity contribution in [2.75, 3.05) is 33.0 Å². The summed E-state index contributed by atoms with van der Waals surface area (Å²) < 4.78 is 29.3. The van der Waals surface area contributed by atoms with Crippen molar-refractivity contribution in [3.05, 3.63) is 29.8 Å². The molecule has 1 rings (SSSR count). The van der Waals surface area contributed by atoms with Crippen molar-refractivity contribution in [3.8, 4) is 5.75 Å². The fraction of sp³-hybridized carbons (Fsp3) is 0.804. The average molecular weight is 954 g/mol. The third-order valence-corrected chi connectivity index (χ3v) is 12.9. The monoisotopic (exact) mass is 954 g/mol. The molecule has 6 N–H and O–H groups in total. The molecular weight excluding hydrogens is 862 g/mol. The van der Waals surface area contributed by atoms with Crippen LogP contribution in [0.2, 0.25) is 0 Å². The molecule has 0 spiro atoms. The summed E-state index contributed by atoms with van der Waals surface area (Å²) in [5, 5.41) is 27.7. The number of phenols is 1. The number of amides is 3. The molecule has 66 heavy (non-hydrogen) atoms. The van der Waals surface area contributed by atoms with Gasteiger partial charge in [-0.2, -0.15) is 0 Å². The Morgan fingerprint density at radius 2 is 1.03 bits per heavy atom. The van der Waals surface area contributed by atoms with Gasteiger partial charge in [-0.3, -0.25) is 28.2 Å². The fourth-order valence-corrected chi connectivity index (χ4v) is 8.62. The number of phosphoric ester groups is 1. The molecular formula is C51H92N3O11P. The number of phenolic OH excluding ortho intramolecular Hbond substituents is 1. The number of aliphatic carboxylic acids is 1. The first-order chi connectivity index (χ1) is 31.9. The largest absolute Gasteiger partial charge is 0.508 e. The molecule has 0 aliphatic carbocycles. The van der Waals surface area contributed by atoms with E-state index in [1.165, 1.54) is 114 Å². The molecule has 1 aromatic rings. The standard InChI is InChI=1S/C51H92N3O11P/c1-4-7-10-13-15-17-18-20-22-25-28-31-49(57)54-45(42-65-66(61,62)64-39-37-52-50(58)47(51(59)60)40-43-32-34-46(55)35-33-43)41-63-38-36-44(29-26-23-12-9-6-3)53-48(56)30-27-24-21-19-16-14-11-8-5-2/h32-35,44-45,47,55H,4-31,36-42H2,1-3H3,(H,52,58)(H,53,56)(H,54,57)(H,59,60)(H,61,62)/t44-,45+,47?/m0/s1. The lowest BCUT2D eigenvalue weighted by Crippen LogP contribution is -2.42. The quantitative estimate of drug-likeness (QED) is 0.0206. The number of nitrogens with one attached hydrogen (secondary N) is 3. The average Bonchev–Trinajstić information content (AvgIpc) is 3.29. The molecule has 0 fully saturated rings. The highest BCUT2D eigenvalue weighted by atomic mass is 31.2. The molecule has 0 aliphatic heterocycles. The minimum Gasteiger partial charge on any atom is -0.508 e. The number of unbranched alkanes of at least 4 members (excludes halogenated alkanes) is 22. The summed E-state index contributed by atoms with van der Waals surface area (Å²) in [6.45, 7) is 5.86. The number of rotatable bonds is 46. The second kappa shape index (κ2) is 41.0. The van der Waals surface area contributed by atoms with Crippen LogP contribution in [-0.4, -0.2) is 83.9 Å². The summed E-state index contributed by atoms with van der Waals surface area (Å²) in [5.41, 5.74) is 0.535. The number of carbonyl (C=O) groups excluding carboxylic acids is 3. The van der Waals surface area contributed by atoms with Crippen molar-refractivity contribution in [2.24, 2.45) is 5.92 Å². The number of carboxylic acid groups (broad SMARTS) is 1. The van der Waals surface area contributed by atoms with Crippen LogP contribution >= 0.6 is 7.82 Å². The van der Waals surface area contributed by atoms with Crippen molar-refractivity contribution in [1.82, 2.24) is 16.0 Å². The molecule has 0 heterocycles. The van der Waals surface area contributed by atoms with Crippen molar-refractivity contribution >= 4 is 31.5 Å². The summed E-state index contributed by atoms with van der Waals surface area (Å²) in [4.78, 5) is 61.0. The summed E-state index contributed by atoms with van der Waals surface area (Å²) in [7, 11) is -4.66. The molecule has 0 saturated carbocycles. The fourth-order valence-electron chi connectivity index (χ4n) is 7.85. The van der Waals surface area contributed by atoms with E-state index in [1.54, 1.807) is 0 Å². The Labute approximate surface area is 398 Å². The summed E-state index contributed by atoms with van der Waals surface area (Å²) in [5.74, 6) is -3.72. The van der Waals surface area contributed by atoms with Crippen LogP contribution in [0.3, 0.4) is 0 Å². The van der Waals surface area contributed by atoms with Gasteiger partial charge in [0.2, 0.25) is 17.7 Å². The molecule has 0 saturated heterocycles. The van der Waals surface area contributed by atoms with Crippen LogP contribution in [0, 0.1) is 5.92 Å². The highest BCUT2D eigenvalue weighted by Gasteiger charge is 2.28. The van der Waals surface area contributed by atoms with Crippen molar-refractivity contribution < 1.29 is 52.6 Å². The van der Waals surface area contributed by atoms with Gasteiger partial charge >= 0.3 is 13.8 Å². The normalized spacial score (nSPS) is 13.7. The van der Waals surface area contributed by atoms with Crippen molar-refractivity contribution in [1.29, 1.82) is 0 Å². The highest BCUT2D eigenvalue weighted by Crippen LogP contribution is 2.43. The predicted molar refractivity (Wildman–Crippen MR) is 263 cm³/mol. The van der Waals surface area contributed by atoms with Gasteiger partial charge < -0.3 is 35.8 Å². The van der Waals surface area contributed by atoms with Gasteiger partial charge in [0.25, 0.3) is 0 Å². The van der Waals surface area contributed by atoms with Crippen LogP contribution in [0.25, 0.3) is 0 Å². The molecule has 382 valence electrons. The molecule has 3 amide bonds. The van der Waals surface area contributed by atoms with Gasteiger partial charge in [0.05, 0.1) is 25.9 Å². The van der Waals surface area contributed by atoms with Gasteiger partial charge in [-0.05, 0) is 49.8 Å². The maximum Gasteiger partial charge on any atom is 0.472 e. The molecule has 2 unspecified atom stereocenters. The lowest BCUT2D eigenvalue weighted by molar-refractivity contribution is -0.147. The Kier molecular flexibility index (Phi) is 37.9. The van der Waals surface area contributed by atoms with E-state index in [1.807, 2.05) is 0 Å². The summed E-state index contributed by atoms with van der Waals surface area (Å²) >= 11 is 0. The maximum atomic E-state index is 13.1. The molecule has 1 aromatic carbocycles. The van der Waals surface area contributed by atoms with Crippen LogP contribution in [-0.2, 0) is 43.9 Å². The number of carboxylic acids is 1. The molecule has 0 bridgehead atoms. The van der Waals surface area contributed by atoms with Gasteiger partial charge in [-0.25, -0.2) is 4.57 Å². The first kappa shape index (κ1) is 61.0. The molecule has 4 atom stereocenters. The topological polar surface area (TPSA) is 210 Å². The van der Waals surface area contributed by atoms with E-state index >= 15 is 0 Å². The third-order valence-electron chi connectivity index (χ3n) is 11.9. The zero-order valence-corrected chi connectivity index (χ0v) is 42.2. The zero-order chi connectivity index (χ0) is 48.5. The van der Waals surface area contributed by atoms with E-state index in [2.05, 4.69) is 36.7 Å². The van der Waals surface area contributed by atoms with Gasteiger partial charge in [-0.15, -0.1) is 0 Å². The third kappa shape index (κ3) is 35.2. The van der Waals surface area contributed by atoms with Gasteiger partial charge in [0.15, 0.2) is 0 Å². The predicted octanol–water partition coefficient (Wildman–Crippen LogP) is 11.2. The maximum absolute atomic E-state index is 13.1. The lowest BCUT2D eigenvalue weighted by Gasteiger charge is -2.22. The molecule has 15 heteroatoms. The number of ether oxygens (including phenoxy) is 1. The number of phosphoric acid groups is 1. The number of carbonyl (C=O) groups is 4. The second-order valence-electron chi connectivity index (χ2n) is 18.1. The highest BCUT2D eigenvalue weighted by molar-refractivity contribution is 7.47. The Balaban J connectivity index is 2.73. The molecule has 0 aliphatic rings. The van der Waals surface area contributed by atoms with Crippen molar-refractivity contribution in [3.63, 3.8) is 0 Å². The first-order valence-corrected chi connectivity index (χ1v) is 27.5. The van der Waals surface area contributed by atoms with Crippen LogP contribution in [0.4, 0.5) is 0 Å². The summed E-state index contributed by atoms with van der Waals surface area (Å²) in [6, 6.07) is 5.02. The molecule has 0 radical (unpaired) electrons. The van der Waals surface area contributed by atoms with E-state index in [4.69, 9.17) is 13.8 Å². The second-order valence-corrected chi connectivity index (χ2v) is 19.6. The number of hydrogen-bond donors (Lipinski definition) is 6. The minimum absolute atomic E-state index is 0.00721. The van der Waals surface area contributed by atoms with E-state index < -0.39 is 38.3 Å². The minimum atomic E-state index is -4.66. The smallest absolute Gasteiger partial charge is 0.472 e. The Morgan fingerprint density at radius 1 is 0.576 bits per heavy atom. The van der Waals surface area contributed by atoms with Gasteiger partial charge in [0.1, 0.15) is 11.7 Å². The summed E-state index contributed by atoms with van der Waals surface area (Å²) in [6.07, 6.45) is 31.2. The SMILES string of the molecule is CCCCCCCCCCCCCC(=O)N[C@H](COCC[C@H](CCCCCCC)NC(=O)CCCCCCCCCCC)COP(=O)(O)OCCNC(=O)C(Cc1ccc(O)cc1)C(=O)O. The molecule has 14 nitrogen and oxygen atoms in total. The van der Waals surface area contributed by atoms with Crippen LogP contribution in [0.5, 0.6) is 5.75 Å². The Hall–Kier alpha value is -3.03. The number of aromatic hydroxyl groups is 1. The van der Waals surface area contributed by atoms with E-state index in [9.17, 15) is 38.8 Å². The zero-order valence-electron chi connectivity index (χ0n) is 41.3. The van der Waals surface area contributed by atoms with E-state index in [0.29, 0.717) is 31.4 Å². The Morgan fingerprint density at radius 3 is 1.52 bits per heavy atom. The number of benzene rings is 1. The van der Waals surface area contributed by atoms with Gasteiger partial charge in [0, 0.05) is 32.0 Å². The Bertz CT molecular complexity index is 1430. The molecule has 0 aromatic heterocycles. The van der Waals surface area contributed by atoms with Crippen LogP contribution in [0.15, 0.2) is 24.3 Å². The van der Waals surface area contributed by atoms with E-state index in [0.717, 1.165) is 77.0 Å². The van der Waals surface area contributed by atoms with Crippen LogP contribution < -0.4 is 16.0 Å². The lowest BCUT2D eigenvalue weighted by atomic mass is 9.98. The van der Waals surface area contributed by atoms with Crippen molar-refractivity contribution in [2.45, 2.75) is 225 Å².